The van der Waals surface area contributed by atoms with E-state index < -0.39 is 11.6 Å². The van der Waals surface area contributed by atoms with Gasteiger partial charge in [0.15, 0.2) is 17.8 Å². The zero-order valence-corrected chi connectivity index (χ0v) is 11.7. The first-order valence-corrected chi connectivity index (χ1v) is 6.56. The van der Waals surface area contributed by atoms with Crippen LogP contribution in [0.2, 0.25) is 0 Å². The molecule has 0 spiro atoms. The van der Waals surface area contributed by atoms with Crippen molar-refractivity contribution in [1.29, 1.82) is 0 Å². The van der Waals surface area contributed by atoms with Crippen LogP contribution in [-0.2, 0) is 6.54 Å². The third-order valence-electron chi connectivity index (χ3n) is 3.06. The first kappa shape index (κ1) is 13.8. The molecule has 1 aromatic carbocycles. The van der Waals surface area contributed by atoms with Gasteiger partial charge in [0.2, 0.25) is 0 Å². The van der Waals surface area contributed by atoms with Gasteiger partial charge in [-0.25, -0.2) is 14.9 Å². The number of oxazole rings is 1. The van der Waals surface area contributed by atoms with Gasteiger partial charge in [0.1, 0.15) is 5.82 Å². The number of hydrogen-bond acceptors (Lipinski definition) is 5. The molecule has 3 rings (SSSR count). The normalized spacial score (nSPS) is 10.6. The highest BCUT2D eigenvalue weighted by atomic mass is 16.3. The summed E-state index contributed by atoms with van der Waals surface area (Å²) in [5.41, 5.74) is 1.63. The van der Waals surface area contributed by atoms with E-state index in [1.807, 2.05) is 31.2 Å². The van der Waals surface area contributed by atoms with Crippen molar-refractivity contribution in [2.75, 3.05) is 0 Å². The van der Waals surface area contributed by atoms with Gasteiger partial charge in [-0.15, -0.1) is 0 Å². The standard InChI is InChI=1S/C14H13N5O3/c1-8-2-4-9(5-3-8)12-11(16-7-22-12)13(20)15-6-10-17-14(21)19-18-10/h2-5,7H,6H2,1H3,(H,15,20)(H2,17,18,19,21). The fourth-order valence-electron chi connectivity index (χ4n) is 1.95. The molecule has 0 fully saturated rings. The first-order chi connectivity index (χ1) is 10.6. The Morgan fingerprint density at radius 3 is 2.77 bits per heavy atom. The molecule has 3 aromatic rings. The topological polar surface area (TPSA) is 117 Å². The molecule has 0 saturated heterocycles. The lowest BCUT2D eigenvalue weighted by molar-refractivity contribution is 0.0946. The largest absolute Gasteiger partial charge is 0.443 e. The molecule has 0 saturated carbocycles. The molecule has 2 aromatic heterocycles. The molecule has 112 valence electrons. The summed E-state index contributed by atoms with van der Waals surface area (Å²) >= 11 is 0. The molecule has 2 heterocycles. The Morgan fingerprint density at radius 1 is 1.32 bits per heavy atom. The van der Waals surface area contributed by atoms with E-state index in [0.29, 0.717) is 11.6 Å². The van der Waals surface area contributed by atoms with Crippen LogP contribution in [0.1, 0.15) is 21.9 Å². The van der Waals surface area contributed by atoms with Crippen molar-refractivity contribution in [2.45, 2.75) is 13.5 Å². The molecule has 1 amide bonds. The van der Waals surface area contributed by atoms with Gasteiger partial charge in [-0.3, -0.25) is 9.78 Å². The van der Waals surface area contributed by atoms with Crippen LogP contribution in [0.3, 0.4) is 0 Å². The van der Waals surface area contributed by atoms with Crippen LogP contribution in [0.15, 0.2) is 39.9 Å². The molecule has 0 aliphatic heterocycles. The van der Waals surface area contributed by atoms with E-state index in [2.05, 4.69) is 25.5 Å². The minimum absolute atomic E-state index is 0.0811. The predicted octanol–water partition coefficient (Wildman–Crippen LogP) is 0.991. The van der Waals surface area contributed by atoms with Crippen LogP contribution in [-0.4, -0.2) is 26.1 Å². The van der Waals surface area contributed by atoms with Gasteiger partial charge in [0, 0.05) is 5.56 Å². The minimum Gasteiger partial charge on any atom is -0.443 e. The van der Waals surface area contributed by atoms with Gasteiger partial charge in [-0.05, 0) is 6.92 Å². The van der Waals surface area contributed by atoms with Gasteiger partial charge >= 0.3 is 5.69 Å². The Morgan fingerprint density at radius 2 is 2.09 bits per heavy atom. The van der Waals surface area contributed by atoms with Gasteiger partial charge in [0.25, 0.3) is 5.91 Å². The van der Waals surface area contributed by atoms with E-state index in [1.54, 1.807) is 0 Å². The Kier molecular flexibility index (Phi) is 3.57. The summed E-state index contributed by atoms with van der Waals surface area (Å²) < 4.78 is 5.32. The molecule has 0 aliphatic rings. The maximum absolute atomic E-state index is 12.2. The molecule has 22 heavy (non-hydrogen) atoms. The van der Waals surface area contributed by atoms with Crippen LogP contribution in [0, 0.1) is 6.92 Å². The predicted molar refractivity (Wildman–Crippen MR) is 77.1 cm³/mol. The lowest BCUT2D eigenvalue weighted by atomic mass is 10.1. The van der Waals surface area contributed by atoms with Crippen LogP contribution in [0.4, 0.5) is 0 Å². The number of carbonyl (C=O) groups is 1. The van der Waals surface area contributed by atoms with Crippen molar-refractivity contribution in [2.24, 2.45) is 0 Å². The van der Waals surface area contributed by atoms with Crippen LogP contribution < -0.4 is 11.0 Å². The lowest BCUT2D eigenvalue weighted by Gasteiger charge is -2.03. The van der Waals surface area contributed by atoms with Crippen LogP contribution >= 0.6 is 0 Å². The van der Waals surface area contributed by atoms with Crippen molar-refractivity contribution >= 4 is 5.91 Å². The quantitative estimate of drug-likeness (QED) is 0.664. The summed E-state index contributed by atoms with van der Waals surface area (Å²) in [5, 5.41) is 8.55. The Hall–Kier alpha value is -3.16. The summed E-state index contributed by atoms with van der Waals surface area (Å²) in [4.78, 5) is 29.5. The summed E-state index contributed by atoms with van der Waals surface area (Å²) in [6, 6.07) is 7.57. The Balaban J connectivity index is 1.77. The molecule has 0 bridgehead atoms. The van der Waals surface area contributed by atoms with Gasteiger partial charge < -0.3 is 9.73 Å². The number of benzene rings is 1. The van der Waals surface area contributed by atoms with Crippen molar-refractivity contribution in [1.82, 2.24) is 25.5 Å². The number of aryl methyl sites for hydroxylation is 1. The van der Waals surface area contributed by atoms with E-state index >= 15 is 0 Å². The maximum atomic E-state index is 12.2. The molecule has 0 unspecified atom stereocenters. The highest BCUT2D eigenvalue weighted by Gasteiger charge is 2.18. The number of rotatable bonds is 4. The average Bonchev–Trinajstić information content (AvgIpc) is 3.14. The SMILES string of the molecule is Cc1ccc(-c2ocnc2C(=O)NCc2n[nH]c(=O)[nH]2)cc1. The number of hydrogen-bond donors (Lipinski definition) is 3. The van der Waals surface area contributed by atoms with Crippen molar-refractivity contribution in [3.63, 3.8) is 0 Å². The Labute approximate surface area is 124 Å². The molecule has 8 nitrogen and oxygen atoms in total. The summed E-state index contributed by atoms with van der Waals surface area (Å²) in [7, 11) is 0. The average molecular weight is 299 g/mol. The lowest BCUT2D eigenvalue weighted by Crippen LogP contribution is -2.24. The van der Waals surface area contributed by atoms with Gasteiger partial charge in [-0.1, -0.05) is 29.8 Å². The highest BCUT2D eigenvalue weighted by molar-refractivity contribution is 5.97. The van der Waals surface area contributed by atoms with E-state index in [1.165, 1.54) is 6.39 Å². The number of aromatic nitrogens is 4. The fourth-order valence-corrected chi connectivity index (χ4v) is 1.95. The smallest absolute Gasteiger partial charge is 0.340 e. The zero-order valence-electron chi connectivity index (χ0n) is 11.7. The molecule has 0 atom stereocenters. The summed E-state index contributed by atoms with van der Waals surface area (Å²) in [6.45, 7) is 2.06. The minimum atomic E-state index is -0.425. The zero-order chi connectivity index (χ0) is 15.5. The number of nitrogens with zero attached hydrogens (tertiary/aromatic N) is 2. The molecular weight excluding hydrogens is 286 g/mol. The molecule has 0 radical (unpaired) electrons. The first-order valence-electron chi connectivity index (χ1n) is 6.56. The molecule has 8 heteroatoms. The van der Waals surface area contributed by atoms with Crippen molar-refractivity contribution in [3.8, 4) is 11.3 Å². The number of amides is 1. The second-order valence-corrected chi connectivity index (χ2v) is 4.70. The van der Waals surface area contributed by atoms with Crippen molar-refractivity contribution < 1.29 is 9.21 Å². The number of carbonyl (C=O) groups excluding carboxylic acids is 1. The van der Waals surface area contributed by atoms with E-state index in [9.17, 15) is 9.59 Å². The van der Waals surface area contributed by atoms with Crippen molar-refractivity contribution in [3.05, 3.63) is 58.2 Å². The van der Waals surface area contributed by atoms with Gasteiger partial charge in [-0.2, -0.15) is 5.10 Å². The van der Waals surface area contributed by atoms with E-state index in [-0.39, 0.29) is 12.2 Å². The second kappa shape index (κ2) is 5.68. The van der Waals surface area contributed by atoms with Crippen LogP contribution in [0.25, 0.3) is 11.3 Å². The van der Waals surface area contributed by atoms with E-state index in [0.717, 1.165) is 11.1 Å². The summed E-state index contributed by atoms with van der Waals surface area (Å²) in [6.07, 6.45) is 1.22. The molecule has 0 aliphatic carbocycles. The number of nitrogens with one attached hydrogen (secondary N) is 3. The number of aromatic amines is 2. The third-order valence-corrected chi connectivity index (χ3v) is 3.06. The van der Waals surface area contributed by atoms with E-state index in [4.69, 9.17) is 4.42 Å². The third kappa shape index (κ3) is 2.80. The highest BCUT2D eigenvalue weighted by Crippen LogP contribution is 2.23. The van der Waals surface area contributed by atoms with Crippen LogP contribution in [0.5, 0.6) is 0 Å². The molecule has 3 N–H and O–H groups in total. The fraction of sp³-hybridized carbons (Fsp3) is 0.143. The Bertz CT molecular complexity index is 844. The molecular formula is C14H13N5O3. The maximum Gasteiger partial charge on any atom is 0.340 e. The second-order valence-electron chi connectivity index (χ2n) is 4.70. The summed E-state index contributed by atoms with van der Waals surface area (Å²) in [5.74, 6) is 0.319. The monoisotopic (exact) mass is 299 g/mol. The number of H-pyrrole nitrogens is 2. The van der Waals surface area contributed by atoms with Gasteiger partial charge in [0.05, 0.1) is 6.54 Å².